The molecule has 10 heteroatoms. The number of carbonyl (C=O) groups excluding carboxylic acids is 1. The molecule has 3 unspecified atom stereocenters. The van der Waals surface area contributed by atoms with Crippen molar-refractivity contribution < 1.29 is 22.7 Å². The highest BCUT2D eigenvalue weighted by Crippen LogP contribution is 2.34. The summed E-state index contributed by atoms with van der Waals surface area (Å²) in [6.45, 7) is 14.9. The maximum absolute atomic E-state index is 13.9. The number of nitrogens with zero attached hydrogens (tertiary/aromatic N) is 4. The fourth-order valence-electron chi connectivity index (χ4n) is 5.94. The van der Waals surface area contributed by atoms with Crippen molar-refractivity contribution in [3.05, 3.63) is 23.3 Å². The average molecular weight is 567 g/mol. The molecule has 1 amide bonds. The van der Waals surface area contributed by atoms with Gasteiger partial charge in [-0.1, -0.05) is 6.92 Å². The van der Waals surface area contributed by atoms with E-state index in [0.717, 1.165) is 32.6 Å². The summed E-state index contributed by atoms with van der Waals surface area (Å²) in [5.41, 5.74) is 1.40. The Hall–Kier alpha value is -1.72. The monoisotopic (exact) mass is 566 g/mol. The van der Waals surface area contributed by atoms with Crippen LogP contribution in [0.5, 0.6) is 5.75 Å². The molecule has 3 atom stereocenters. The molecule has 0 aromatic heterocycles. The van der Waals surface area contributed by atoms with Crippen molar-refractivity contribution in [1.82, 2.24) is 19.6 Å². The highest BCUT2D eigenvalue weighted by atomic mass is 32.2. The summed E-state index contributed by atoms with van der Waals surface area (Å²) in [5.74, 6) is 0.435. The molecule has 222 valence electrons. The predicted molar refractivity (Wildman–Crippen MR) is 155 cm³/mol. The van der Waals surface area contributed by atoms with Crippen molar-refractivity contribution in [1.29, 1.82) is 0 Å². The summed E-state index contributed by atoms with van der Waals surface area (Å²) in [6.07, 6.45) is 1.66. The lowest BCUT2D eigenvalue weighted by atomic mass is 9.99. The van der Waals surface area contributed by atoms with Crippen LogP contribution in [-0.2, 0) is 19.4 Å². The van der Waals surface area contributed by atoms with Crippen LogP contribution in [0.3, 0.4) is 0 Å². The van der Waals surface area contributed by atoms with E-state index in [1.54, 1.807) is 19.2 Å². The molecule has 0 aliphatic carbocycles. The van der Waals surface area contributed by atoms with Crippen LogP contribution >= 0.6 is 0 Å². The Morgan fingerprint density at radius 1 is 1.13 bits per heavy atom. The number of rotatable bonds is 12. The van der Waals surface area contributed by atoms with Crippen molar-refractivity contribution in [3.8, 4) is 5.75 Å². The molecule has 0 bridgehead atoms. The molecular weight excluding hydrogens is 516 g/mol. The number of aryl methyl sites for hydroxylation is 2. The van der Waals surface area contributed by atoms with Crippen LogP contribution < -0.4 is 4.74 Å². The second kappa shape index (κ2) is 14.3. The van der Waals surface area contributed by atoms with Gasteiger partial charge in [0.2, 0.25) is 5.91 Å². The van der Waals surface area contributed by atoms with E-state index >= 15 is 0 Å². The first-order valence-electron chi connectivity index (χ1n) is 14.3. The van der Waals surface area contributed by atoms with E-state index in [2.05, 4.69) is 35.6 Å². The third kappa shape index (κ3) is 8.16. The SMILES string of the molecule is CCN(C)CCC(C)N1CCN(C(=O)COCC2CN(C)CCC2S(=O)(=O)c2c(C)cc(OC)cc2C)CC1. The van der Waals surface area contributed by atoms with Crippen molar-refractivity contribution in [3.63, 3.8) is 0 Å². The van der Waals surface area contributed by atoms with Gasteiger partial charge in [0.15, 0.2) is 9.84 Å². The van der Waals surface area contributed by atoms with Gasteiger partial charge in [0.05, 0.1) is 23.9 Å². The second-order valence-electron chi connectivity index (χ2n) is 11.5. The van der Waals surface area contributed by atoms with Crippen LogP contribution in [0.25, 0.3) is 0 Å². The topological polar surface area (TPSA) is 82.6 Å². The van der Waals surface area contributed by atoms with Crippen LogP contribution in [0.2, 0.25) is 0 Å². The number of methoxy groups -OCH3 is 1. The van der Waals surface area contributed by atoms with Gasteiger partial charge in [-0.2, -0.15) is 0 Å². The molecule has 2 aliphatic heterocycles. The standard InChI is InChI=1S/C29H50N4O5S/c1-8-30(5)11-9-24(4)32-13-15-33(16-14-32)28(34)21-38-20-25-19-31(6)12-10-27(25)39(35,36)29-22(2)17-26(37-7)18-23(29)3/h17-18,24-25,27H,8-16,19-21H2,1-7H3. The van der Waals surface area contributed by atoms with E-state index in [4.69, 9.17) is 9.47 Å². The molecule has 9 nitrogen and oxygen atoms in total. The van der Waals surface area contributed by atoms with Gasteiger partial charge >= 0.3 is 0 Å². The number of sulfone groups is 1. The van der Waals surface area contributed by atoms with Crippen molar-refractivity contribution in [2.75, 3.05) is 86.8 Å². The van der Waals surface area contributed by atoms with Crippen molar-refractivity contribution in [2.24, 2.45) is 5.92 Å². The Morgan fingerprint density at radius 2 is 1.77 bits per heavy atom. The first kappa shape index (κ1) is 31.8. The number of ether oxygens (including phenoxy) is 2. The minimum atomic E-state index is -3.58. The Morgan fingerprint density at radius 3 is 2.36 bits per heavy atom. The molecule has 3 rings (SSSR count). The molecule has 0 spiro atoms. The smallest absolute Gasteiger partial charge is 0.248 e. The van der Waals surface area contributed by atoms with Crippen LogP contribution in [0.4, 0.5) is 0 Å². The third-order valence-electron chi connectivity index (χ3n) is 8.54. The van der Waals surface area contributed by atoms with E-state index < -0.39 is 15.1 Å². The van der Waals surface area contributed by atoms with E-state index in [0.29, 0.717) is 60.4 Å². The molecule has 0 radical (unpaired) electrons. The zero-order valence-electron chi connectivity index (χ0n) is 25.1. The van der Waals surface area contributed by atoms with Crippen LogP contribution in [0.15, 0.2) is 17.0 Å². The largest absolute Gasteiger partial charge is 0.497 e. The Bertz CT molecular complexity index is 1030. The molecule has 2 saturated heterocycles. The van der Waals surface area contributed by atoms with Crippen LogP contribution in [0, 0.1) is 19.8 Å². The van der Waals surface area contributed by atoms with Gasteiger partial charge in [-0.3, -0.25) is 9.69 Å². The summed E-state index contributed by atoms with van der Waals surface area (Å²) in [5, 5.41) is -0.550. The second-order valence-corrected chi connectivity index (χ2v) is 13.6. The van der Waals surface area contributed by atoms with Gasteiger partial charge in [0.25, 0.3) is 0 Å². The summed E-state index contributed by atoms with van der Waals surface area (Å²) < 4.78 is 39.0. The van der Waals surface area contributed by atoms with Crippen LogP contribution in [0.1, 0.15) is 37.8 Å². The fraction of sp³-hybridized carbons (Fsp3) is 0.759. The van der Waals surface area contributed by atoms with Crippen LogP contribution in [-0.4, -0.2) is 132 Å². The van der Waals surface area contributed by atoms with Crippen molar-refractivity contribution in [2.45, 2.75) is 56.7 Å². The van der Waals surface area contributed by atoms with Gasteiger partial charge in [0.1, 0.15) is 12.4 Å². The van der Waals surface area contributed by atoms with Gasteiger partial charge in [-0.25, -0.2) is 8.42 Å². The average Bonchev–Trinajstić information content (AvgIpc) is 2.90. The molecule has 0 N–H and O–H groups in total. The molecule has 1 aromatic carbocycles. The van der Waals surface area contributed by atoms with Crippen molar-refractivity contribution >= 4 is 15.7 Å². The first-order chi connectivity index (χ1) is 18.5. The lowest BCUT2D eigenvalue weighted by Crippen LogP contribution is -2.52. The first-order valence-corrected chi connectivity index (χ1v) is 15.9. The maximum Gasteiger partial charge on any atom is 0.248 e. The number of hydrogen-bond donors (Lipinski definition) is 0. The zero-order valence-corrected chi connectivity index (χ0v) is 25.9. The molecule has 2 heterocycles. The fourth-order valence-corrected chi connectivity index (χ4v) is 8.34. The number of carbonyl (C=O) groups is 1. The van der Waals surface area contributed by atoms with E-state index in [9.17, 15) is 13.2 Å². The van der Waals surface area contributed by atoms with Gasteiger partial charge in [0, 0.05) is 44.7 Å². The van der Waals surface area contributed by atoms with E-state index in [1.807, 2.05) is 25.8 Å². The molecular formula is C29H50N4O5S. The number of amides is 1. The third-order valence-corrected chi connectivity index (χ3v) is 11.2. The zero-order chi connectivity index (χ0) is 28.7. The minimum absolute atomic E-state index is 0.00950. The summed E-state index contributed by atoms with van der Waals surface area (Å²) >= 11 is 0. The van der Waals surface area contributed by atoms with Gasteiger partial charge in [-0.05, 0) is 90.6 Å². The number of benzene rings is 1. The van der Waals surface area contributed by atoms with E-state index in [1.165, 1.54) is 0 Å². The molecule has 2 fully saturated rings. The quantitative estimate of drug-likeness (QED) is 0.381. The summed E-state index contributed by atoms with van der Waals surface area (Å²) in [7, 11) is 2.15. The summed E-state index contributed by atoms with van der Waals surface area (Å²) in [6, 6.07) is 4.06. The number of piperazine rings is 1. The lowest BCUT2D eigenvalue weighted by Gasteiger charge is -2.39. The lowest BCUT2D eigenvalue weighted by molar-refractivity contribution is -0.138. The highest BCUT2D eigenvalue weighted by Gasteiger charge is 2.40. The molecule has 0 saturated carbocycles. The highest BCUT2D eigenvalue weighted by molar-refractivity contribution is 7.92. The molecule has 39 heavy (non-hydrogen) atoms. The number of hydrogen-bond acceptors (Lipinski definition) is 8. The molecule has 2 aliphatic rings. The number of likely N-dealkylation sites (tertiary alicyclic amines) is 1. The minimum Gasteiger partial charge on any atom is -0.497 e. The normalized spacial score (nSPS) is 22.3. The Labute approximate surface area is 236 Å². The number of piperidine rings is 1. The summed E-state index contributed by atoms with van der Waals surface area (Å²) in [4.78, 5) is 22.1. The van der Waals surface area contributed by atoms with E-state index in [-0.39, 0.29) is 25.0 Å². The Kier molecular flexibility index (Phi) is 11.6. The van der Waals surface area contributed by atoms with Gasteiger partial charge in [-0.15, -0.1) is 0 Å². The van der Waals surface area contributed by atoms with Gasteiger partial charge < -0.3 is 24.2 Å². The Balaban J connectivity index is 1.55. The maximum atomic E-state index is 13.9. The predicted octanol–water partition coefficient (Wildman–Crippen LogP) is 2.30. The molecule has 1 aromatic rings.